The molecule has 1 atom stereocenters. The Balaban J connectivity index is 3.82. The summed E-state index contributed by atoms with van der Waals surface area (Å²) in [6.07, 6.45) is 11.5. The summed E-state index contributed by atoms with van der Waals surface area (Å²) in [7, 11) is 0. The first-order valence-electron chi connectivity index (χ1n) is 5.29. The van der Waals surface area contributed by atoms with Crippen molar-refractivity contribution < 1.29 is 0 Å². The quantitative estimate of drug-likeness (QED) is 0.663. The van der Waals surface area contributed by atoms with Crippen LogP contribution in [0.3, 0.4) is 0 Å². The lowest BCUT2D eigenvalue weighted by Crippen LogP contribution is -1.95. The Hall–Kier alpha value is -0.980. The van der Waals surface area contributed by atoms with Crippen molar-refractivity contribution in [1.29, 1.82) is 0 Å². The maximum absolute atomic E-state index is 5.49. The van der Waals surface area contributed by atoms with Gasteiger partial charge < -0.3 is 5.73 Å². The van der Waals surface area contributed by atoms with Gasteiger partial charge in [0.15, 0.2) is 0 Å². The second kappa shape index (κ2) is 7.43. The maximum Gasteiger partial charge on any atom is 0.00488 e. The molecular weight excluding hydrogens is 170 g/mol. The summed E-state index contributed by atoms with van der Waals surface area (Å²) in [5.74, 6) is 1.42. The predicted molar refractivity (Wildman–Crippen MR) is 64.8 cm³/mol. The summed E-state index contributed by atoms with van der Waals surface area (Å²) in [4.78, 5) is 0. The van der Waals surface area contributed by atoms with Gasteiger partial charge in [0.05, 0.1) is 0 Å². The molecule has 0 amide bonds. The van der Waals surface area contributed by atoms with Crippen LogP contribution in [0.4, 0.5) is 0 Å². The van der Waals surface area contributed by atoms with Crippen LogP contribution in [0.1, 0.15) is 34.1 Å². The molecule has 0 spiro atoms. The zero-order valence-corrected chi connectivity index (χ0v) is 9.83. The van der Waals surface area contributed by atoms with Crippen LogP contribution in [0.5, 0.6) is 0 Å². The summed E-state index contributed by atoms with van der Waals surface area (Å²) in [6, 6.07) is 0. The Labute approximate surface area is 88.4 Å². The molecule has 0 aromatic carbocycles. The van der Waals surface area contributed by atoms with Gasteiger partial charge in [-0.1, -0.05) is 45.1 Å². The largest absolute Gasteiger partial charge is 0.402 e. The molecule has 0 heterocycles. The van der Waals surface area contributed by atoms with Crippen molar-refractivity contribution in [3.05, 3.63) is 36.1 Å². The molecule has 0 aliphatic carbocycles. The summed E-state index contributed by atoms with van der Waals surface area (Å²) in [5, 5.41) is 0. The third-order valence-corrected chi connectivity index (χ3v) is 1.86. The highest BCUT2D eigenvalue weighted by molar-refractivity contribution is 5.14. The topological polar surface area (TPSA) is 26.0 Å². The molecule has 0 bridgehead atoms. The van der Waals surface area contributed by atoms with E-state index < -0.39 is 0 Å². The van der Waals surface area contributed by atoms with Gasteiger partial charge in [-0.3, -0.25) is 0 Å². The van der Waals surface area contributed by atoms with Crippen LogP contribution in [0.25, 0.3) is 0 Å². The van der Waals surface area contributed by atoms with Gasteiger partial charge in [-0.15, -0.1) is 0 Å². The molecule has 80 valence electrons. The Morgan fingerprint density at radius 1 is 1.14 bits per heavy atom. The third kappa shape index (κ3) is 9.11. The summed E-state index contributed by atoms with van der Waals surface area (Å²) >= 11 is 0. The van der Waals surface area contributed by atoms with E-state index in [0.717, 1.165) is 11.6 Å². The number of allylic oxidation sites excluding steroid dienone is 6. The molecule has 0 radical (unpaired) electrons. The summed E-state index contributed by atoms with van der Waals surface area (Å²) in [6.45, 7) is 8.63. The van der Waals surface area contributed by atoms with Crippen LogP contribution in [-0.2, 0) is 0 Å². The average molecular weight is 193 g/mol. The van der Waals surface area contributed by atoms with Crippen molar-refractivity contribution in [3.63, 3.8) is 0 Å². The highest BCUT2D eigenvalue weighted by Crippen LogP contribution is 2.11. The van der Waals surface area contributed by atoms with E-state index in [0.29, 0.717) is 5.92 Å². The lowest BCUT2D eigenvalue weighted by Gasteiger charge is -2.07. The van der Waals surface area contributed by atoms with E-state index in [1.165, 1.54) is 6.42 Å². The van der Waals surface area contributed by atoms with Crippen molar-refractivity contribution in [1.82, 2.24) is 0 Å². The molecule has 0 aliphatic rings. The maximum atomic E-state index is 5.49. The SMILES string of the molecule is C\C(N)=C/C=C\C=C\C(C)CC(C)C. The smallest absolute Gasteiger partial charge is 0.00488 e. The highest BCUT2D eigenvalue weighted by Gasteiger charge is 1.99. The fourth-order valence-electron chi connectivity index (χ4n) is 1.35. The summed E-state index contributed by atoms with van der Waals surface area (Å²) < 4.78 is 0. The molecule has 0 aromatic heterocycles. The fraction of sp³-hybridized carbons (Fsp3) is 0.538. The number of hydrogen-bond donors (Lipinski definition) is 1. The third-order valence-electron chi connectivity index (χ3n) is 1.86. The van der Waals surface area contributed by atoms with Crippen LogP contribution < -0.4 is 5.73 Å². The van der Waals surface area contributed by atoms with Gasteiger partial charge in [0, 0.05) is 5.70 Å². The van der Waals surface area contributed by atoms with Crippen molar-refractivity contribution in [2.75, 3.05) is 0 Å². The van der Waals surface area contributed by atoms with Crippen LogP contribution in [0, 0.1) is 11.8 Å². The minimum absolute atomic E-state index is 0.655. The monoisotopic (exact) mass is 193 g/mol. The van der Waals surface area contributed by atoms with E-state index in [2.05, 4.69) is 32.9 Å². The van der Waals surface area contributed by atoms with E-state index in [9.17, 15) is 0 Å². The molecule has 1 heteroatoms. The molecule has 0 aliphatic heterocycles. The van der Waals surface area contributed by atoms with Gasteiger partial charge in [0.25, 0.3) is 0 Å². The molecular formula is C13H23N. The van der Waals surface area contributed by atoms with Gasteiger partial charge >= 0.3 is 0 Å². The highest BCUT2D eigenvalue weighted by atomic mass is 14.5. The van der Waals surface area contributed by atoms with E-state index >= 15 is 0 Å². The standard InChI is InChI=1S/C13H23N/c1-11(2)10-12(3)8-6-5-7-9-13(4)14/h5-9,11-12H,10,14H2,1-4H3/b7-5-,8-6+,13-9+. The molecule has 14 heavy (non-hydrogen) atoms. The van der Waals surface area contributed by atoms with Gasteiger partial charge in [-0.05, 0) is 31.3 Å². The van der Waals surface area contributed by atoms with Crippen LogP contribution in [0.2, 0.25) is 0 Å². The first-order chi connectivity index (χ1) is 6.52. The first kappa shape index (κ1) is 13.0. The lowest BCUT2D eigenvalue weighted by molar-refractivity contribution is 0.503. The van der Waals surface area contributed by atoms with Gasteiger partial charge in [-0.2, -0.15) is 0 Å². The fourth-order valence-corrected chi connectivity index (χ4v) is 1.35. The van der Waals surface area contributed by atoms with Gasteiger partial charge in [0.2, 0.25) is 0 Å². The molecule has 1 nitrogen and oxygen atoms in total. The van der Waals surface area contributed by atoms with Gasteiger partial charge in [-0.25, -0.2) is 0 Å². The lowest BCUT2D eigenvalue weighted by atomic mass is 9.99. The number of nitrogens with two attached hydrogens (primary N) is 1. The molecule has 0 aromatic rings. The minimum atomic E-state index is 0.655. The van der Waals surface area contributed by atoms with Crippen LogP contribution in [0.15, 0.2) is 36.1 Å². The zero-order valence-electron chi connectivity index (χ0n) is 9.83. The van der Waals surface area contributed by atoms with E-state index in [-0.39, 0.29) is 0 Å². The average Bonchev–Trinajstić information content (AvgIpc) is 2.01. The van der Waals surface area contributed by atoms with Crippen molar-refractivity contribution in [2.45, 2.75) is 34.1 Å². The normalized spacial score (nSPS) is 15.9. The van der Waals surface area contributed by atoms with E-state index in [4.69, 9.17) is 5.73 Å². The van der Waals surface area contributed by atoms with Gasteiger partial charge in [0.1, 0.15) is 0 Å². The summed E-state index contributed by atoms with van der Waals surface area (Å²) in [5.41, 5.74) is 6.32. The molecule has 0 rings (SSSR count). The van der Waals surface area contributed by atoms with E-state index in [1.807, 2.05) is 25.2 Å². The van der Waals surface area contributed by atoms with E-state index in [1.54, 1.807) is 0 Å². The minimum Gasteiger partial charge on any atom is -0.402 e. The Morgan fingerprint density at radius 3 is 2.29 bits per heavy atom. The van der Waals surface area contributed by atoms with Crippen molar-refractivity contribution in [3.8, 4) is 0 Å². The van der Waals surface area contributed by atoms with Crippen LogP contribution in [-0.4, -0.2) is 0 Å². The molecule has 0 saturated carbocycles. The second-order valence-electron chi connectivity index (χ2n) is 4.29. The van der Waals surface area contributed by atoms with Crippen LogP contribution >= 0.6 is 0 Å². The molecule has 2 N–H and O–H groups in total. The molecule has 1 unspecified atom stereocenters. The first-order valence-corrected chi connectivity index (χ1v) is 5.29. The number of rotatable bonds is 5. The van der Waals surface area contributed by atoms with Crippen molar-refractivity contribution in [2.24, 2.45) is 17.6 Å². The predicted octanol–water partition coefficient (Wildman–Crippen LogP) is 3.64. The Kier molecular flexibility index (Phi) is 6.91. The van der Waals surface area contributed by atoms with Crippen molar-refractivity contribution >= 4 is 0 Å². The molecule has 0 fully saturated rings. The molecule has 0 saturated heterocycles. The Bertz CT molecular complexity index is 217. The Morgan fingerprint density at radius 2 is 1.79 bits per heavy atom. The zero-order chi connectivity index (χ0) is 11.0. The second-order valence-corrected chi connectivity index (χ2v) is 4.29. The number of hydrogen-bond acceptors (Lipinski definition) is 1.